The van der Waals surface area contributed by atoms with Crippen molar-refractivity contribution in [3.05, 3.63) is 47.9 Å². The number of sulfonamides is 1. The average molecular weight is 363 g/mol. The molecule has 1 aromatic heterocycles. The van der Waals surface area contributed by atoms with Gasteiger partial charge >= 0.3 is 0 Å². The lowest BCUT2D eigenvalue weighted by Gasteiger charge is -2.39. The topological polar surface area (TPSA) is 75.3 Å². The van der Waals surface area contributed by atoms with Gasteiger partial charge in [-0.15, -0.1) is 0 Å². The summed E-state index contributed by atoms with van der Waals surface area (Å²) in [5.74, 6) is 0.893. The third-order valence-corrected chi connectivity index (χ3v) is 6.31. The second-order valence-electron chi connectivity index (χ2n) is 6.69. The number of nitrogens with one attached hydrogen (secondary N) is 1. The molecule has 1 aromatic carbocycles. The number of imidazole rings is 1. The van der Waals surface area contributed by atoms with Gasteiger partial charge in [0.25, 0.3) is 10.0 Å². The average Bonchev–Trinajstić information content (AvgIpc) is 3.12. The SMILES string of the molecule is CCc1ncc(S(=O)(=O)N2C[C@@H](c3ccccc3)O[C@@H](C(C)C)C2)[nH]1. The first-order valence-electron chi connectivity index (χ1n) is 8.66. The molecular formula is C18H25N3O3S. The van der Waals surface area contributed by atoms with Crippen LogP contribution < -0.4 is 0 Å². The predicted molar refractivity (Wildman–Crippen MR) is 95.6 cm³/mol. The van der Waals surface area contributed by atoms with Crippen LogP contribution in [0.25, 0.3) is 0 Å². The van der Waals surface area contributed by atoms with E-state index < -0.39 is 10.0 Å². The minimum absolute atomic E-state index is 0.151. The van der Waals surface area contributed by atoms with Crippen molar-refractivity contribution >= 4 is 10.0 Å². The van der Waals surface area contributed by atoms with E-state index in [0.717, 1.165) is 5.56 Å². The molecule has 136 valence electrons. The van der Waals surface area contributed by atoms with Crippen LogP contribution in [0, 0.1) is 5.92 Å². The Balaban J connectivity index is 1.91. The highest BCUT2D eigenvalue weighted by Crippen LogP contribution is 2.31. The van der Waals surface area contributed by atoms with Crippen LogP contribution >= 0.6 is 0 Å². The summed E-state index contributed by atoms with van der Waals surface area (Å²) in [6.45, 7) is 6.69. The molecule has 2 atom stereocenters. The lowest BCUT2D eigenvalue weighted by molar-refractivity contribution is -0.0847. The van der Waals surface area contributed by atoms with Gasteiger partial charge in [0.15, 0.2) is 5.03 Å². The smallest absolute Gasteiger partial charge is 0.260 e. The van der Waals surface area contributed by atoms with Gasteiger partial charge in [0.1, 0.15) is 5.82 Å². The molecule has 1 aliphatic rings. The van der Waals surface area contributed by atoms with Crippen molar-refractivity contribution < 1.29 is 13.2 Å². The summed E-state index contributed by atoms with van der Waals surface area (Å²) in [5.41, 5.74) is 0.993. The predicted octanol–water partition coefficient (Wildman–Crippen LogP) is 2.76. The molecule has 0 bridgehead atoms. The fourth-order valence-corrected chi connectivity index (χ4v) is 4.35. The number of nitrogens with zero attached hydrogens (tertiary/aromatic N) is 2. The zero-order valence-electron chi connectivity index (χ0n) is 14.8. The molecule has 0 unspecified atom stereocenters. The Morgan fingerprint density at radius 2 is 2.00 bits per heavy atom. The third kappa shape index (κ3) is 3.78. The zero-order valence-corrected chi connectivity index (χ0v) is 15.7. The van der Waals surface area contributed by atoms with Crippen molar-refractivity contribution in [2.75, 3.05) is 13.1 Å². The quantitative estimate of drug-likeness (QED) is 0.886. The molecular weight excluding hydrogens is 338 g/mol. The molecule has 7 heteroatoms. The van der Waals surface area contributed by atoms with Crippen LogP contribution in [0.15, 0.2) is 41.6 Å². The number of hydrogen-bond acceptors (Lipinski definition) is 4. The molecule has 25 heavy (non-hydrogen) atoms. The van der Waals surface area contributed by atoms with E-state index in [1.54, 1.807) is 0 Å². The standard InChI is InChI=1S/C18H25N3O3S/c1-4-17-19-10-18(20-17)25(22,23)21-11-15(13(2)3)24-16(12-21)14-8-6-5-7-9-14/h5-10,13,15-16H,4,11-12H2,1-3H3,(H,19,20)/t15-,16+/m1/s1. The largest absolute Gasteiger partial charge is 0.367 e. The van der Waals surface area contributed by atoms with Crippen molar-refractivity contribution in [1.29, 1.82) is 0 Å². The van der Waals surface area contributed by atoms with Gasteiger partial charge in [-0.3, -0.25) is 0 Å². The van der Waals surface area contributed by atoms with Gasteiger partial charge in [0, 0.05) is 19.5 Å². The first-order valence-corrected chi connectivity index (χ1v) is 10.1. The highest BCUT2D eigenvalue weighted by molar-refractivity contribution is 7.89. The van der Waals surface area contributed by atoms with Gasteiger partial charge in [-0.05, 0) is 11.5 Å². The molecule has 0 amide bonds. The number of ether oxygens (including phenoxy) is 1. The van der Waals surface area contributed by atoms with Crippen molar-refractivity contribution in [1.82, 2.24) is 14.3 Å². The Morgan fingerprint density at radius 1 is 1.28 bits per heavy atom. The first-order chi connectivity index (χ1) is 11.9. The van der Waals surface area contributed by atoms with E-state index in [2.05, 4.69) is 9.97 Å². The molecule has 6 nitrogen and oxygen atoms in total. The Kier molecular flexibility index (Phi) is 5.27. The number of aryl methyl sites for hydroxylation is 1. The van der Waals surface area contributed by atoms with Crippen LogP contribution in [-0.4, -0.2) is 41.9 Å². The Morgan fingerprint density at radius 3 is 2.60 bits per heavy atom. The van der Waals surface area contributed by atoms with Crippen LogP contribution in [0.3, 0.4) is 0 Å². The van der Waals surface area contributed by atoms with Crippen LogP contribution in [0.4, 0.5) is 0 Å². The monoisotopic (exact) mass is 363 g/mol. The van der Waals surface area contributed by atoms with Crippen LogP contribution in [0.1, 0.15) is 38.3 Å². The second-order valence-corrected chi connectivity index (χ2v) is 8.59. The van der Waals surface area contributed by atoms with Crippen molar-refractivity contribution in [2.24, 2.45) is 5.92 Å². The van der Waals surface area contributed by atoms with Gasteiger partial charge in [-0.2, -0.15) is 4.31 Å². The van der Waals surface area contributed by atoms with E-state index in [0.29, 0.717) is 25.3 Å². The molecule has 3 rings (SSSR count). The number of aromatic amines is 1. The fourth-order valence-electron chi connectivity index (χ4n) is 2.97. The maximum absolute atomic E-state index is 13.1. The Bertz CT molecular complexity index is 802. The number of rotatable bonds is 5. The molecule has 1 aliphatic heterocycles. The molecule has 0 aliphatic carbocycles. The Hall–Kier alpha value is -1.70. The van der Waals surface area contributed by atoms with Crippen LogP contribution in [0.5, 0.6) is 0 Å². The van der Waals surface area contributed by atoms with Gasteiger partial charge in [-0.25, -0.2) is 13.4 Å². The van der Waals surface area contributed by atoms with Crippen LogP contribution in [0.2, 0.25) is 0 Å². The maximum atomic E-state index is 13.1. The summed E-state index contributed by atoms with van der Waals surface area (Å²) in [6, 6.07) is 9.78. The number of aromatic nitrogens is 2. The van der Waals surface area contributed by atoms with Crippen molar-refractivity contribution in [3.8, 4) is 0 Å². The maximum Gasteiger partial charge on any atom is 0.260 e. The van der Waals surface area contributed by atoms with Gasteiger partial charge < -0.3 is 9.72 Å². The molecule has 1 N–H and O–H groups in total. The highest BCUT2D eigenvalue weighted by atomic mass is 32.2. The van der Waals surface area contributed by atoms with Gasteiger partial charge in [0.2, 0.25) is 0 Å². The van der Waals surface area contributed by atoms with Gasteiger partial charge in [0.05, 0.1) is 18.4 Å². The normalized spacial score (nSPS) is 22.4. The van der Waals surface area contributed by atoms with Gasteiger partial charge in [-0.1, -0.05) is 51.1 Å². The summed E-state index contributed by atoms with van der Waals surface area (Å²) < 4.78 is 33.8. The third-order valence-electron chi connectivity index (χ3n) is 4.56. The first kappa shape index (κ1) is 18.1. The minimum Gasteiger partial charge on any atom is -0.367 e. The zero-order chi connectivity index (χ0) is 18.0. The molecule has 2 aromatic rings. The summed E-state index contributed by atoms with van der Waals surface area (Å²) in [5, 5.41) is 0.153. The minimum atomic E-state index is -3.62. The Labute approximate surface area is 149 Å². The number of hydrogen-bond donors (Lipinski definition) is 1. The van der Waals surface area contributed by atoms with E-state index in [-0.39, 0.29) is 23.2 Å². The molecule has 2 heterocycles. The summed E-state index contributed by atoms with van der Waals surface area (Å²) in [4.78, 5) is 7.05. The number of benzene rings is 1. The van der Waals surface area contributed by atoms with E-state index >= 15 is 0 Å². The van der Waals surface area contributed by atoms with E-state index in [4.69, 9.17) is 4.74 Å². The second kappa shape index (κ2) is 7.27. The lowest BCUT2D eigenvalue weighted by atomic mass is 10.0. The van der Waals surface area contributed by atoms with Crippen molar-refractivity contribution in [3.63, 3.8) is 0 Å². The van der Waals surface area contributed by atoms with E-state index in [9.17, 15) is 8.42 Å². The molecule has 1 saturated heterocycles. The molecule has 1 fully saturated rings. The fraction of sp³-hybridized carbons (Fsp3) is 0.500. The summed E-state index contributed by atoms with van der Waals surface area (Å²) in [6.07, 6.45) is 1.65. The highest BCUT2D eigenvalue weighted by Gasteiger charge is 2.37. The summed E-state index contributed by atoms with van der Waals surface area (Å²) >= 11 is 0. The number of morpholine rings is 1. The molecule has 0 radical (unpaired) electrons. The van der Waals surface area contributed by atoms with E-state index in [1.165, 1.54) is 10.5 Å². The molecule has 0 spiro atoms. The van der Waals surface area contributed by atoms with Crippen LogP contribution in [-0.2, 0) is 21.2 Å². The summed E-state index contributed by atoms with van der Waals surface area (Å²) in [7, 11) is -3.62. The molecule has 0 saturated carbocycles. The number of H-pyrrole nitrogens is 1. The van der Waals surface area contributed by atoms with E-state index in [1.807, 2.05) is 51.1 Å². The van der Waals surface area contributed by atoms with Crippen molar-refractivity contribution in [2.45, 2.75) is 44.4 Å². The lowest BCUT2D eigenvalue weighted by Crippen LogP contribution is -2.48.